The Balaban J connectivity index is 2.16. The summed E-state index contributed by atoms with van der Waals surface area (Å²) >= 11 is 0. The number of benzene rings is 2. The molecule has 26 heavy (non-hydrogen) atoms. The first-order chi connectivity index (χ1) is 12.0. The van der Waals surface area contributed by atoms with Crippen molar-refractivity contribution in [1.29, 1.82) is 0 Å². The number of hydrogen-bond donors (Lipinski definition) is 2. The highest BCUT2D eigenvalue weighted by Gasteiger charge is 2.26. The number of urea groups is 1. The van der Waals surface area contributed by atoms with Crippen LogP contribution >= 0.6 is 0 Å². The second kappa shape index (κ2) is 7.33. The van der Waals surface area contributed by atoms with Gasteiger partial charge in [-0.05, 0) is 57.0 Å². The lowest BCUT2D eigenvalue weighted by Crippen LogP contribution is -2.48. The van der Waals surface area contributed by atoms with Crippen molar-refractivity contribution in [1.82, 2.24) is 10.0 Å². The maximum absolute atomic E-state index is 12.3. The van der Waals surface area contributed by atoms with Gasteiger partial charge in [-0.25, -0.2) is 17.9 Å². The first-order valence-corrected chi connectivity index (χ1v) is 9.68. The number of allylic oxidation sites excluding steroid dienone is 1. The average Bonchev–Trinajstić information content (AvgIpc) is 2.54. The first kappa shape index (κ1) is 19.7. The zero-order chi connectivity index (χ0) is 19.5. The molecule has 0 bridgehead atoms. The number of nitrogens with one attached hydrogen (secondary N) is 2. The Kier molecular flexibility index (Phi) is 5.56. The molecule has 0 heterocycles. The summed E-state index contributed by atoms with van der Waals surface area (Å²) in [6.45, 7) is 11.3. The van der Waals surface area contributed by atoms with Crippen LogP contribution in [0.25, 0.3) is 5.57 Å². The Bertz CT molecular complexity index is 930. The third-order valence-corrected chi connectivity index (χ3v) is 5.41. The van der Waals surface area contributed by atoms with Crippen molar-refractivity contribution < 1.29 is 13.2 Å². The minimum absolute atomic E-state index is 0.0420. The molecule has 2 aromatic rings. The standard InChI is InChI=1S/C20H24N2O3S/c1-14(2)16-7-6-8-17(13-16)20(4,5)21-19(23)22-26(24,25)18-11-9-15(3)10-12-18/h6-13H,1H2,2-5H3,(H2,21,22,23). The number of amides is 2. The highest BCUT2D eigenvalue weighted by atomic mass is 32.2. The summed E-state index contributed by atoms with van der Waals surface area (Å²) < 4.78 is 26.7. The highest BCUT2D eigenvalue weighted by molar-refractivity contribution is 7.90. The van der Waals surface area contributed by atoms with Crippen molar-refractivity contribution >= 4 is 21.6 Å². The van der Waals surface area contributed by atoms with E-state index in [2.05, 4.69) is 16.6 Å². The van der Waals surface area contributed by atoms with Crippen molar-refractivity contribution in [2.45, 2.75) is 38.1 Å². The van der Waals surface area contributed by atoms with E-state index in [1.165, 1.54) is 12.1 Å². The smallest absolute Gasteiger partial charge is 0.328 e. The van der Waals surface area contributed by atoms with Gasteiger partial charge in [-0.3, -0.25) is 0 Å². The summed E-state index contributed by atoms with van der Waals surface area (Å²) in [6, 6.07) is 13.1. The van der Waals surface area contributed by atoms with Gasteiger partial charge in [0.25, 0.3) is 10.0 Å². The molecule has 2 amide bonds. The van der Waals surface area contributed by atoms with E-state index in [0.29, 0.717) is 0 Å². The van der Waals surface area contributed by atoms with Crippen LogP contribution in [-0.2, 0) is 15.6 Å². The molecular weight excluding hydrogens is 348 g/mol. The molecule has 0 saturated heterocycles. The van der Waals surface area contributed by atoms with Gasteiger partial charge in [0.2, 0.25) is 0 Å². The number of aryl methyl sites for hydroxylation is 1. The Morgan fingerprint density at radius 2 is 1.69 bits per heavy atom. The highest BCUT2D eigenvalue weighted by Crippen LogP contribution is 2.23. The molecule has 0 spiro atoms. The van der Waals surface area contributed by atoms with Crippen LogP contribution in [0, 0.1) is 6.92 Å². The molecule has 0 aromatic heterocycles. The largest absolute Gasteiger partial charge is 0.329 e. The number of carbonyl (C=O) groups is 1. The lowest BCUT2D eigenvalue weighted by molar-refractivity contribution is 0.235. The minimum Gasteiger partial charge on any atom is -0.328 e. The molecule has 0 atom stereocenters. The van der Waals surface area contributed by atoms with Gasteiger partial charge < -0.3 is 5.32 Å². The molecule has 2 rings (SSSR count). The van der Waals surface area contributed by atoms with Crippen LogP contribution in [0.2, 0.25) is 0 Å². The molecule has 0 aliphatic heterocycles. The molecule has 0 fully saturated rings. The zero-order valence-electron chi connectivity index (χ0n) is 15.5. The first-order valence-electron chi connectivity index (χ1n) is 8.19. The quantitative estimate of drug-likeness (QED) is 0.834. The molecule has 0 saturated carbocycles. The van der Waals surface area contributed by atoms with E-state index in [1.807, 2.05) is 52.0 Å². The Labute approximate surface area is 155 Å². The molecule has 6 heteroatoms. The molecule has 0 radical (unpaired) electrons. The van der Waals surface area contributed by atoms with Crippen LogP contribution < -0.4 is 10.0 Å². The van der Waals surface area contributed by atoms with Crippen molar-refractivity contribution in [3.63, 3.8) is 0 Å². The fraction of sp³-hybridized carbons (Fsp3) is 0.250. The predicted octanol–water partition coefficient (Wildman–Crippen LogP) is 3.95. The van der Waals surface area contributed by atoms with Gasteiger partial charge in [-0.15, -0.1) is 0 Å². The van der Waals surface area contributed by atoms with Gasteiger partial charge in [0.1, 0.15) is 0 Å². The van der Waals surface area contributed by atoms with Crippen LogP contribution in [-0.4, -0.2) is 14.4 Å². The van der Waals surface area contributed by atoms with Crippen molar-refractivity contribution in [3.05, 3.63) is 71.8 Å². The van der Waals surface area contributed by atoms with E-state index < -0.39 is 21.6 Å². The predicted molar refractivity (Wildman–Crippen MR) is 104 cm³/mol. The summed E-state index contributed by atoms with van der Waals surface area (Å²) in [5.74, 6) is 0. The van der Waals surface area contributed by atoms with Gasteiger partial charge in [-0.2, -0.15) is 0 Å². The van der Waals surface area contributed by atoms with Crippen molar-refractivity contribution in [2.75, 3.05) is 0 Å². The van der Waals surface area contributed by atoms with Gasteiger partial charge in [0.15, 0.2) is 0 Å². The normalized spacial score (nSPS) is 11.7. The van der Waals surface area contributed by atoms with Crippen molar-refractivity contribution in [2.24, 2.45) is 0 Å². The van der Waals surface area contributed by atoms with Gasteiger partial charge in [0.05, 0.1) is 10.4 Å². The molecular formula is C20H24N2O3S. The number of carbonyl (C=O) groups excluding carboxylic acids is 1. The summed E-state index contributed by atoms with van der Waals surface area (Å²) in [7, 11) is -3.93. The summed E-state index contributed by atoms with van der Waals surface area (Å²) in [5, 5.41) is 2.72. The van der Waals surface area contributed by atoms with E-state index in [1.54, 1.807) is 12.1 Å². The molecule has 0 unspecified atom stereocenters. The fourth-order valence-corrected chi connectivity index (χ4v) is 3.36. The molecule has 5 nitrogen and oxygen atoms in total. The summed E-state index contributed by atoms with van der Waals surface area (Å²) in [4.78, 5) is 12.3. The average molecular weight is 372 g/mol. The van der Waals surface area contributed by atoms with E-state index >= 15 is 0 Å². The van der Waals surface area contributed by atoms with Crippen LogP contribution in [0.15, 0.2) is 60.0 Å². The Hall–Kier alpha value is -2.60. The van der Waals surface area contributed by atoms with E-state index in [4.69, 9.17) is 0 Å². The van der Waals surface area contributed by atoms with Crippen LogP contribution in [0.3, 0.4) is 0 Å². The van der Waals surface area contributed by atoms with Crippen LogP contribution in [0.5, 0.6) is 0 Å². The maximum Gasteiger partial charge on any atom is 0.329 e. The summed E-state index contributed by atoms with van der Waals surface area (Å²) in [6.07, 6.45) is 0. The lowest BCUT2D eigenvalue weighted by atomic mass is 9.92. The lowest BCUT2D eigenvalue weighted by Gasteiger charge is -2.27. The third-order valence-electron chi connectivity index (χ3n) is 4.06. The fourth-order valence-electron chi connectivity index (χ4n) is 2.45. The van der Waals surface area contributed by atoms with Crippen LogP contribution in [0.4, 0.5) is 4.79 Å². The second-order valence-electron chi connectivity index (χ2n) is 6.86. The van der Waals surface area contributed by atoms with Gasteiger partial charge >= 0.3 is 6.03 Å². The monoisotopic (exact) mass is 372 g/mol. The minimum atomic E-state index is -3.93. The zero-order valence-corrected chi connectivity index (χ0v) is 16.3. The summed E-state index contributed by atoms with van der Waals surface area (Å²) in [5.41, 5.74) is 2.89. The molecule has 0 aliphatic carbocycles. The van der Waals surface area contributed by atoms with Crippen molar-refractivity contribution in [3.8, 4) is 0 Å². The van der Waals surface area contributed by atoms with Gasteiger partial charge in [-0.1, -0.05) is 48.0 Å². The topological polar surface area (TPSA) is 75.3 Å². The Morgan fingerprint density at radius 3 is 2.27 bits per heavy atom. The third kappa shape index (κ3) is 4.73. The second-order valence-corrected chi connectivity index (χ2v) is 8.54. The molecule has 138 valence electrons. The van der Waals surface area contributed by atoms with E-state index in [-0.39, 0.29) is 4.90 Å². The van der Waals surface area contributed by atoms with E-state index in [9.17, 15) is 13.2 Å². The molecule has 2 N–H and O–H groups in total. The number of rotatable bonds is 5. The SMILES string of the molecule is C=C(C)c1cccc(C(C)(C)NC(=O)NS(=O)(=O)c2ccc(C)cc2)c1. The molecule has 0 aliphatic rings. The Morgan fingerprint density at radius 1 is 1.08 bits per heavy atom. The van der Waals surface area contributed by atoms with Gasteiger partial charge in [0, 0.05) is 0 Å². The number of hydrogen-bond acceptors (Lipinski definition) is 3. The maximum atomic E-state index is 12.3. The van der Waals surface area contributed by atoms with Crippen LogP contribution in [0.1, 0.15) is 37.5 Å². The van der Waals surface area contributed by atoms with E-state index in [0.717, 1.165) is 22.3 Å². The number of sulfonamides is 1. The molecule has 2 aromatic carbocycles.